The molecule has 0 saturated carbocycles. The second-order valence-electron chi connectivity index (χ2n) is 8.44. The summed E-state index contributed by atoms with van der Waals surface area (Å²) in [6, 6.07) is 8.81. The lowest BCUT2D eigenvalue weighted by molar-refractivity contribution is -0.191. The molecule has 1 heterocycles. The number of alkyl halides is 3. The first-order chi connectivity index (χ1) is 12.5. The van der Waals surface area contributed by atoms with Crippen LogP contribution in [0.3, 0.4) is 0 Å². The van der Waals surface area contributed by atoms with E-state index in [2.05, 4.69) is 19.3 Å². The fraction of sp³-hybridized carbons (Fsp3) is 0.476. The number of nitrogens with one attached hydrogen (secondary N) is 1. The molecule has 2 aromatic carbocycles. The molecule has 2 aromatic rings. The molecular formula is C21H25F3N2O. The first-order valence-electron chi connectivity index (χ1n) is 9.14. The average Bonchev–Trinajstić information content (AvgIpc) is 2.78. The number of hydrogen-bond donors (Lipinski definition) is 1. The van der Waals surface area contributed by atoms with Gasteiger partial charge in [-0.3, -0.25) is 10.2 Å². The van der Waals surface area contributed by atoms with E-state index < -0.39 is 23.5 Å². The van der Waals surface area contributed by atoms with Crippen LogP contribution in [-0.2, 0) is 11.2 Å². The summed E-state index contributed by atoms with van der Waals surface area (Å²) in [6.45, 7) is 7.56. The summed E-state index contributed by atoms with van der Waals surface area (Å²) in [7, 11) is 0. The van der Waals surface area contributed by atoms with Gasteiger partial charge >= 0.3 is 6.18 Å². The predicted molar refractivity (Wildman–Crippen MR) is 99.9 cm³/mol. The van der Waals surface area contributed by atoms with Crippen molar-refractivity contribution in [2.75, 3.05) is 6.54 Å². The largest absolute Gasteiger partial charge is 0.409 e. The van der Waals surface area contributed by atoms with Crippen molar-refractivity contribution in [3.05, 3.63) is 47.5 Å². The normalized spacial score (nSPS) is 18.9. The predicted octanol–water partition coefficient (Wildman–Crippen LogP) is 5.01. The third-order valence-corrected chi connectivity index (χ3v) is 4.94. The molecule has 1 amide bonds. The van der Waals surface area contributed by atoms with Crippen LogP contribution in [-0.4, -0.2) is 23.6 Å². The molecule has 1 aliphatic heterocycles. The Balaban J connectivity index is 1.98. The summed E-state index contributed by atoms with van der Waals surface area (Å²) in [6.07, 6.45) is -3.57. The Morgan fingerprint density at radius 3 is 2.30 bits per heavy atom. The maximum Gasteiger partial charge on any atom is 0.409 e. The number of hydrogen-bond acceptors (Lipinski definition) is 2. The molecule has 1 N–H and O–H groups in total. The molecule has 1 aliphatic rings. The molecule has 0 aromatic heterocycles. The van der Waals surface area contributed by atoms with E-state index in [0.717, 1.165) is 22.2 Å². The number of halogens is 3. The van der Waals surface area contributed by atoms with Crippen LogP contribution in [0.5, 0.6) is 0 Å². The van der Waals surface area contributed by atoms with Gasteiger partial charge in [0, 0.05) is 6.54 Å². The van der Waals surface area contributed by atoms with Crippen LogP contribution < -0.4 is 5.43 Å². The molecule has 0 bridgehead atoms. The van der Waals surface area contributed by atoms with Gasteiger partial charge in [-0.05, 0) is 54.2 Å². The van der Waals surface area contributed by atoms with Crippen LogP contribution in [0.2, 0.25) is 0 Å². The fourth-order valence-corrected chi connectivity index (χ4v) is 3.60. The van der Waals surface area contributed by atoms with Crippen LogP contribution in [0, 0.1) is 11.3 Å². The Morgan fingerprint density at radius 2 is 1.74 bits per heavy atom. The van der Waals surface area contributed by atoms with Crippen molar-refractivity contribution in [2.24, 2.45) is 11.3 Å². The van der Waals surface area contributed by atoms with Crippen LogP contribution >= 0.6 is 0 Å². The summed E-state index contributed by atoms with van der Waals surface area (Å²) in [5, 5.41) is 2.69. The highest BCUT2D eigenvalue weighted by atomic mass is 19.4. The van der Waals surface area contributed by atoms with Crippen molar-refractivity contribution in [2.45, 2.75) is 46.3 Å². The molecular weight excluding hydrogens is 353 g/mol. The summed E-state index contributed by atoms with van der Waals surface area (Å²) < 4.78 is 41.6. The first-order valence-corrected chi connectivity index (χ1v) is 9.14. The van der Waals surface area contributed by atoms with Crippen molar-refractivity contribution in [3.63, 3.8) is 0 Å². The van der Waals surface area contributed by atoms with Gasteiger partial charge in [0.25, 0.3) is 0 Å². The van der Waals surface area contributed by atoms with Crippen molar-refractivity contribution in [1.82, 2.24) is 10.4 Å². The van der Waals surface area contributed by atoms with E-state index >= 15 is 0 Å². The number of carbonyl (C=O) groups is 1. The van der Waals surface area contributed by atoms with Crippen LogP contribution in [0.15, 0.2) is 36.4 Å². The van der Waals surface area contributed by atoms with E-state index in [4.69, 9.17) is 0 Å². The molecule has 1 unspecified atom stereocenters. The Bertz CT molecular complexity index is 858. The molecule has 1 saturated heterocycles. The minimum Gasteiger partial charge on any atom is -0.287 e. The topological polar surface area (TPSA) is 32.3 Å². The Morgan fingerprint density at radius 1 is 1.11 bits per heavy atom. The van der Waals surface area contributed by atoms with Gasteiger partial charge in [0.05, 0.1) is 5.41 Å². The monoisotopic (exact) mass is 378 g/mol. The Labute approximate surface area is 157 Å². The number of nitrogens with zero attached hydrogens (tertiary/aromatic N) is 1. The summed E-state index contributed by atoms with van der Waals surface area (Å²) in [5.41, 5.74) is 2.85. The molecule has 1 atom stereocenters. The molecule has 3 rings (SSSR count). The van der Waals surface area contributed by atoms with Gasteiger partial charge in [0.1, 0.15) is 6.04 Å². The van der Waals surface area contributed by atoms with Gasteiger partial charge in [-0.1, -0.05) is 44.2 Å². The highest BCUT2D eigenvalue weighted by Gasteiger charge is 2.51. The Hall–Kier alpha value is -2.08. The van der Waals surface area contributed by atoms with E-state index in [1.807, 2.05) is 18.2 Å². The molecule has 0 radical (unpaired) electrons. The molecule has 146 valence electrons. The highest BCUT2D eigenvalue weighted by Crippen LogP contribution is 2.41. The zero-order chi connectivity index (χ0) is 20.0. The standard InChI is InChI=1S/C21H25F3N2O/c1-13(2)9-14-5-6-16-11-17(8-7-15(16)10-14)18(21(22,23)24)26-12-20(3,4)19(27)25-26/h5-8,10-11,13,18H,9,12H2,1-4H3,(H,25,27). The molecule has 27 heavy (non-hydrogen) atoms. The minimum atomic E-state index is -4.50. The number of amides is 1. The zero-order valence-corrected chi connectivity index (χ0v) is 16.0. The number of hydrazine groups is 1. The van der Waals surface area contributed by atoms with Gasteiger partial charge in [-0.25, -0.2) is 5.01 Å². The lowest BCUT2D eigenvalue weighted by Gasteiger charge is -2.30. The second-order valence-corrected chi connectivity index (χ2v) is 8.44. The third-order valence-electron chi connectivity index (χ3n) is 4.94. The van der Waals surface area contributed by atoms with E-state index in [-0.39, 0.29) is 12.1 Å². The molecule has 3 nitrogen and oxygen atoms in total. The second kappa shape index (κ2) is 6.82. The third kappa shape index (κ3) is 4.10. The van der Waals surface area contributed by atoms with E-state index in [0.29, 0.717) is 5.92 Å². The molecule has 0 spiro atoms. The van der Waals surface area contributed by atoms with E-state index in [1.54, 1.807) is 26.0 Å². The molecule has 1 fully saturated rings. The lowest BCUT2D eigenvalue weighted by Crippen LogP contribution is -2.43. The van der Waals surface area contributed by atoms with Gasteiger partial charge in [0.2, 0.25) is 5.91 Å². The zero-order valence-electron chi connectivity index (χ0n) is 16.0. The van der Waals surface area contributed by atoms with E-state index in [1.165, 1.54) is 11.6 Å². The van der Waals surface area contributed by atoms with Gasteiger partial charge < -0.3 is 0 Å². The van der Waals surface area contributed by atoms with Gasteiger partial charge in [-0.2, -0.15) is 13.2 Å². The number of carbonyl (C=O) groups excluding carboxylic acids is 1. The SMILES string of the molecule is CC(C)Cc1ccc2cc(C(N3CC(C)(C)C(=O)N3)C(F)(F)F)ccc2c1. The van der Waals surface area contributed by atoms with E-state index in [9.17, 15) is 18.0 Å². The van der Waals surface area contributed by atoms with Crippen LogP contribution in [0.4, 0.5) is 13.2 Å². The number of fused-ring (bicyclic) bond motifs is 1. The average molecular weight is 378 g/mol. The van der Waals surface area contributed by atoms with Crippen LogP contribution in [0.1, 0.15) is 44.9 Å². The first kappa shape index (κ1) is 19.7. The van der Waals surface area contributed by atoms with Crippen molar-refractivity contribution < 1.29 is 18.0 Å². The highest BCUT2D eigenvalue weighted by molar-refractivity contribution is 5.85. The van der Waals surface area contributed by atoms with Crippen molar-refractivity contribution in [3.8, 4) is 0 Å². The van der Waals surface area contributed by atoms with Crippen molar-refractivity contribution in [1.29, 1.82) is 0 Å². The fourth-order valence-electron chi connectivity index (χ4n) is 3.60. The summed E-state index contributed by atoms with van der Waals surface area (Å²) in [4.78, 5) is 12.0. The number of benzene rings is 2. The Kier molecular flexibility index (Phi) is 4.97. The summed E-state index contributed by atoms with van der Waals surface area (Å²) in [5.74, 6) is 0.120. The quantitative estimate of drug-likeness (QED) is 0.811. The van der Waals surface area contributed by atoms with Gasteiger partial charge in [0.15, 0.2) is 0 Å². The lowest BCUT2D eigenvalue weighted by atomic mass is 9.93. The smallest absolute Gasteiger partial charge is 0.287 e. The maximum atomic E-state index is 13.9. The van der Waals surface area contributed by atoms with Crippen LogP contribution in [0.25, 0.3) is 10.8 Å². The maximum absolute atomic E-state index is 13.9. The van der Waals surface area contributed by atoms with Crippen molar-refractivity contribution >= 4 is 16.7 Å². The molecule has 6 heteroatoms. The number of rotatable bonds is 4. The van der Waals surface area contributed by atoms with Gasteiger partial charge in [-0.15, -0.1) is 0 Å². The summed E-state index contributed by atoms with van der Waals surface area (Å²) >= 11 is 0. The minimum absolute atomic E-state index is 0.00136. The molecule has 0 aliphatic carbocycles.